The first kappa shape index (κ1) is 13.2. The molecule has 0 saturated heterocycles. The van der Waals surface area contributed by atoms with Crippen molar-refractivity contribution in [2.45, 2.75) is 26.3 Å². The molecule has 1 unspecified atom stereocenters. The number of hydrogen-bond donors (Lipinski definition) is 1. The third kappa shape index (κ3) is 3.14. The summed E-state index contributed by atoms with van der Waals surface area (Å²) in [6, 6.07) is 10.3. The van der Waals surface area contributed by atoms with Gasteiger partial charge in [-0.15, -0.1) is 0 Å². The molecular weight excluding hydrogens is 236 g/mol. The van der Waals surface area contributed by atoms with Gasteiger partial charge in [0.1, 0.15) is 0 Å². The van der Waals surface area contributed by atoms with Crippen molar-refractivity contribution in [3.63, 3.8) is 0 Å². The molecule has 0 amide bonds. The molecule has 1 aromatic heterocycles. The van der Waals surface area contributed by atoms with Gasteiger partial charge in [0.25, 0.3) is 0 Å². The van der Waals surface area contributed by atoms with Crippen LogP contribution in [0.4, 0.5) is 5.69 Å². The van der Waals surface area contributed by atoms with Gasteiger partial charge in [-0.1, -0.05) is 12.1 Å². The molecule has 0 saturated carbocycles. The van der Waals surface area contributed by atoms with E-state index in [1.807, 2.05) is 49.1 Å². The molecule has 19 heavy (non-hydrogen) atoms. The number of anilines is 1. The van der Waals surface area contributed by atoms with Gasteiger partial charge in [-0.05, 0) is 31.5 Å². The number of benzene rings is 1. The largest absolute Gasteiger partial charge is 0.378 e. The number of hydrogen-bond acceptors (Lipinski definition) is 3. The highest BCUT2D eigenvalue weighted by Crippen LogP contribution is 2.21. The fourth-order valence-corrected chi connectivity index (χ4v) is 2.18. The summed E-state index contributed by atoms with van der Waals surface area (Å²) in [7, 11) is 1.93. The lowest BCUT2D eigenvalue weighted by molar-refractivity contribution is 0.756. The van der Waals surface area contributed by atoms with Crippen molar-refractivity contribution in [3.05, 3.63) is 47.3 Å². The van der Waals surface area contributed by atoms with E-state index in [0.29, 0.717) is 6.42 Å². The number of aryl methyl sites for hydroxylation is 2. The van der Waals surface area contributed by atoms with Crippen LogP contribution >= 0.6 is 0 Å². The van der Waals surface area contributed by atoms with Crippen LogP contribution in [0.15, 0.2) is 30.5 Å². The number of nitriles is 1. The first-order valence-electron chi connectivity index (χ1n) is 6.32. The molecule has 4 nitrogen and oxygen atoms in total. The maximum Gasteiger partial charge on any atom is 0.0669 e. The van der Waals surface area contributed by atoms with E-state index in [-0.39, 0.29) is 6.04 Å². The Kier molecular flexibility index (Phi) is 3.86. The van der Waals surface area contributed by atoms with E-state index in [0.717, 1.165) is 16.9 Å². The molecule has 0 spiro atoms. The second-order valence-corrected chi connectivity index (χ2v) is 4.74. The van der Waals surface area contributed by atoms with Gasteiger partial charge in [-0.25, -0.2) is 0 Å². The zero-order chi connectivity index (χ0) is 13.8. The Hall–Kier alpha value is -2.28. The molecular formula is C15H18N4. The molecule has 0 radical (unpaired) electrons. The zero-order valence-electron chi connectivity index (χ0n) is 11.5. The van der Waals surface area contributed by atoms with Gasteiger partial charge in [0.2, 0.25) is 0 Å². The lowest BCUT2D eigenvalue weighted by Gasteiger charge is -2.14. The molecule has 2 aromatic rings. The van der Waals surface area contributed by atoms with Crippen molar-refractivity contribution in [2.24, 2.45) is 7.05 Å². The van der Waals surface area contributed by atoms with Gasteiger partial charge in [0, 0.05) is 24.5 Å². The van der Waals surface area contributed by atoms with Crippen LogP contribution in [-0.2, 0) is 13.5 Å². The standard InChI is InChI=1S/C15H18N4/c1-11(15-10-19(3)18-12(15)2)17-14-6-4-13(5-7-14)8-9-16/h4-7,10-11,17H,8H2,1-3H3. The van der Waals surface area contributed by atoms with E-state index in [1.54, 1.807) is 0 Å². The van der Waals surface area contributed by atoms with Crippen LogP contribution in [0.3, 0.4) is 0 Å². The number of nitrogens with one attached hydrogen (secondary N) is 1. The van der Waals surface area contributed by atoms with Crippen LogP contribution in [0.1, 0.15) is 29.8 Å². The summed E-state index contributed by atoms with van der Waals surface area (Å²) in [5.74, 6) is 0. The van der Waals surface area contributed by atoms with E-state index in [2.05, 4.69) is 23.4 Å². The minimum absolute atomic E-state index is 0.204. The smallest absolute Gasteiger partial charge is 0.0669 e. The Balaban J connectivity index is 2.08. The highest BCUT2D eigenvalue weighted by atomic mass is 15.3. The molecule has 0 fully saturated rings. The van der Waals surface area contributed by atoms with Crippen LogP contribution in [-0.4, -0.2) is 9.78 Å². The normalized spacial score (nSPS) is 11.9. The van der Waals surface area contributed by atoms with Crippen LogP contribution in [0.5, 0.6) is 0 Å². The lowest BCUT2D eigenvalue weighted by atomic mass is 10.1. The number of aromatic nitrogens is 2. The summed E-state index contributed by atoms with van der Waals surface area (Å²) in [6.07, 6.45) is 2.49. The quantitative estimate of drug-likeness (QED) is 0.912. The van der Waals surface area contributed by atoms with Crippen molar-refractivity contribution in [1.82, 2.24) is 9.78 Å². The maximum absolute atomic E-state index is 8.64. The molecule has 0 bridgehead atoms. The van der Waals surface area contributed by atoms with Crippen molar-refractivity contribution < 1.29 is 0 Å². The SMILES string of the molecule is Cc1nn(C)cc1C(C)Nc1ccc(CC#N)cc1. The fraction of sp³-hybridized carbons (Fsp3) is 0.333. The summed E-state index contributed by atoms with van der Waals surface area (Å²) in [5.41, 5.74) is 4.34. The number of nitrogens with zero attached hydrogens (tertiary/aromatic N) is 3. The van der Waals surface area contributed by atoms with Crippen molar-refractivity contribution >= 4 is 5.69 Å². The molecule has 1 atom stereocenters. The molecule has 0 aliphatic carbocycles. The highest BCUT2D eigenvalue weighted by molar-refractivity contribution is 5.47. The van der Waals surface area contributed by atoms with Crippen LogP contribution in [0.25, 0.3) is 0 Å². The number of rotatable bonds is 4. The summed E-state index contributed by atoms with van der Waals surface area (Å²) in [5, 5.41) is 16.4. The topological polar surface area (TPSA) is 53.6 Å². The third-order valence-electron chi connectivity index (χ3n) is 3.14. The van der Waals surface area contributed by atoms with E-state index >= 15 is 0 Å². The van der Waals surface area contributed by atoms with Gasteiger partial charge in [-0.3, -0.25) is 4.68 Å². The van der Waals surface area contributed by atoms with E-state index in [9.17, 15) is 0 Å². The maximum atomic E-state index is 8.64. The van der Waals surface area contributed by atoms with Crippen molar-refractivity contribution in [2.75, 3.05) is 5.32 Å². The Bertz CT molecular complexity index is 590. The minimum Gasteiger partial charge on any atom is -0.378 e. The Labute approximate surface area is 113 Å². The van der Waals surface area contributed by atoms with Gasteiger partial charge in [0.15, 0.2) is 0 Å². The molecule has 4 heteroatoms. The fourth-order valence-electron chi connectivity index (χ4n) is 2.18. The molecule has 1 heterocycles. The lowest BCUT2D eigenvalue weighted by Crippen LogP contribution is -2.07. The predicted molar refractivity (Wildman–Crippen MR) is 75.7 cm³/mol. The Morgan fingerprint density at radius 3 is 2.58 bits per heavy atom. The molecule has 1 N–H and O–H groups in total. The van der Waals surface area contributed by atoms with Gasteiger partial charge in [-0.2, -0.15) is 10.4 Å². The van der Waals surface area contributed by atoms with E-state index < -0.39 is 0 Å². The van der Waals surface area contributed by atoms with E-state index in [1.165, 1.54) is 5.56 Å². The molecule has 0 aliphatic rings. The summed E-state index contributed by atoms with van der Waals surface area (Å²) >= 11 is 0. The predicted octanol–water partition coefficient (Wildman–Crippen LogP) is 2.97. The van der Waals surface area contributed by atoms with Crippen LogP contribution in [0, 0.1) is 18.3 Å². The zero-order valence-corrected chi connectivity index (χ0v) is 11.5. The van der Waals surface area contributed by atoms with Gasteiger partial charge in [0.05, 0.1) is 24.2 Å². The summed E-state index contributed by atoms with van der Waals surface area (Å²) < 4.78 is 1.83. The van der Waals surface area contributed by atoms with Crippen molar-refractivity contribution in [1.29, 1.82) is 5.26 Å². The highest BCUT2D eigenvalue weighted by Gasteiger charge is 2.11. The summed E-state index contributed by atoms with van der Waals surface area (Å²) in [6.45, 7) is 4.14. The molecule has 2 rings (SSSR count). The van der Waals surface area contributed by atoms with Gasteiger partial charge >= 0.3 is 0 Å². The van der Waals surface area contributed by atoms with E-state index in [4.69, 9.17) is 5.26 Å². The first-order valence-corrected chi connectivity index (χ1v) is 6.32. The first-order chi connectivity index (χ1) is 9.10. The average molecular weight is 254 g/mol. The van der Waals surface area contributed by atoms with Crippen LogP contribution < -0.4 is 5.32 Å². The molecule has 0 aliphatic heterocycles. The minimum atomic E-state index is 0.204. The average Bonchev–Trinajstić information content (AvgIpc) is 2.71. The molecule has 98 valence electrons. The summed E-state index contributed by atoms with van der Waals surface area (Å²) in [4.78, 5) is 0. The Morgan fingerprint density at radius 2 is 2.05 bits per heavy atom. The van der Waals surface area contributed by atoms with Crippen LogP contribution in [0.2, 0.25) is 0 Å². The second kappa shape index (κ2) is 5.57. The third-order valence-corrected chi connectivity index (χ3v) is 3.14. The monoisotopic (exact) mass is 254 g/mol. The molecule has 1 aromatic carbocycles. The Morgan fingerprint density at radius 1 is 1.37 bits per heavy atom. The van der Waals surface area contributed by atoms with Crippen molar-refractivity contribution in [3.8, 4) is 6.07 Å². The second-order valence-electron chi connectivity index (χ2n) is 4.74. The van der Waals surface area contributed by atoms with Gasteiger partial charge < -0.3 is 5.32 Å².